The minimum absolute atomic E-state index is 0. The maximum Gasteiger partial charge on any atom is 0.128 e. The largest absolute Gasteiger partial charge is 0.490 e. The molecule has 0 aliphatic rings. The molecule has 1 heterocycles. The van der Waals surface area contributed by atoms with Crippen LogP contribution < -0.4 is 10.1 Å². The van der Waals surface area contributed by atoms with Gasteiger partial charge in [-0.3, -0.25) is 0 Å². The molecule has 0 aliphatic heterocycles. The summed E-state index contributed by atoms with van der Waals surface area (Å²) in [5.74, 6) is 0.842. The minimum Gasteiger partial charge on any atom is -0.490 e. The van der Waals surface area contributed by atoms with Crippen molar-refractivity contribution in [2.24, 2.45) is 0 Å². The predicted molar refractivity (Wildman–Crippen MR) is 88.3 cm³/mol. The molecule has 0 amide bonds. The van der Waals surface area contributed by atoms with Crippen LogP contribution >= 0.6 is 23.7 Å². The molecular formula is C15H22ClNO2S. The average Bonchev–Trinajstić information content (AvgIpc) is 2.83. The van der Waals surface area contributed by atoms with Gasteiger partial charge in [0.1, 0.15) is 18.5 Å². The van der Waals surface area contributed by atoms with Crippen molar-refractivity contribution in [1.82, 2.24) is 5.32 Å². The maximum atomic E-state index is 10.1. The van der Waals surface area contributed by atoms with Crippen LogP contribution in [-0.2, 0) is 0 Å². The molecule has 3 nitrogen and oxygen atoms in total. The Bertz CT molecular complexity index is 529. The van der Waals surface area contributed by atoms with Gasteiger partial charge in [0, 0.05) is 22.2 Å². The Morgan fingerprint density at radius 3 is 2.70 bits per heavy atom. The van der Waals surface area contributed by atoms with E-state index in [-0.39, 0.29) is 18.4 Å². The number of halogens is 1. The third kappa shape index (κ3) is 4.35. The number of aliphatic hydroxyl groups is 1. The summed E-state index contributed by atoms with van der Waals surface area (Å²) in [6, 6.07) is 8.43. The van der Waals surface area contributed by atoms with E-state index in [1.54, 1.807) is 11.3 Å². The summed E-state index contributed by atoms with van der Waals surface area (Å²) in [6.45, 7) is 6.40. The van der Waals surface area contributed by atoms with Crippen molar-refractivity contribution in [2.45, 2.75) is 39.0 Å². The van der Waals surface area contributed by atoms with Gasteiger partial charge in [0.05, 0.1) is 0 Å². The molecule has 0 saturated heterocycles. The topological polar surface area (TPSA) is 41.5 Å². The molecule has 0 spiro atoms. The number of ether oxygens (including phenoxy) is 1. The van der Waals surface area contributed by atoms with E-state index in [0.717, 1.165) is 11.1 Å². The van der Waals surface area contributed by atoms with E-state index in [2.05, 4.69) is 36.7 Å². The molecule has 2 unspecified atom stereocenters. The fourth-order valence-electron chi connectivity index (χ4n) is 2.05. The first-order valence-electron chi connectivity index (χ1n) is 6.61. The van der Waals surface area contributed by atoms with E-state index in [0.29, 0.717) is 12.6 Å². The molecule has 0 fully saturated rings. The van der Waals surface area contributed by atoms with Gasteiger partial charge in [-0.15, -0.1) is 23.7 Å². The zero-order chi connectivity index (χ0) is 13.8. The highest BCUT2D eigenvalue weighted by atomic mass is 35.5. The second kappa shape index (κ2) is 7.84. The zero-order valence-corrected chi connectivity index (χ0v) is 13.6. The van der Waals surface area contributed by atoms with Crippen molar-refractivity contribution in [2.75, 3.05) is 6.61 Å². The van der Waals surface area contributed by atoms with Crippen molar-refractivity contribution in [3.8, 4) is 5.75 Å². The van der Waals surface area contributed by atoms with Crippen LogP contribution in [0.1, 0.15) is 20.8 Å². The van der Waals surface area contributed by atoms with Crippen LogP contribution in [0.2, 0.25) is 0 Å². The van der Waals surface area contributed by atoms with E-state index in [1.807, 2.05) is 19.1 Å². The Hall–Kier alpha value is -0.810. The molecule has 0 bridgehead atoms. The van der Waals surface area contributed by atoms with Crippen molar-refractivity contribution < 1.29 is 9.84 Å². The number of hydrogen-bond donors (Lipinski definition) is 2. The SMILES string of the molecule is CC(C)NC(C)C(O)COc1cccc2sccc12.Cl. The molecule has 1 aromatic heterocycles. The number of fused-ring (bicyclic) bond motifs is 1. The lowest BCUT2D eigenvalue weighted by Gasteiger charge is -2.22. The van der Waals surface area contributed by atoms with Gasteiger partial charge in [-0.2, -0.15) is 0 Å². The first kappa shape index (κ1) is 17.2. The molecule has 2 aromatic rings. The number of aliphatic hydroxyl groups excluding tert-OH is 1. The third-order valence-electron chi connectivity index (χ3n) is 3.04. The predicted octanol–water partition coefficient (Wildman–Crippen LogP) is 3.45. The Morgan fingerprint density at radius 1 is 1.25 bits per heavy atom. The van der Waals surface area contributed by atoms with Gasteiger partial charge in [0.15, 0.2) is 0 Å². The summed E-state index contributed by atoms with van der Waals surface area (Å²) in [4.78, 5) is 0. The average molecular weight is 316 g/mol. The molecule has 2 N–H and O–H groups in total. The Kier molecular flexibility index (Phi) is 6.76. The number of hydrogen-bond acceptors (Lipinski definition) is 4. The second-order valence-corrected chi connectivity index (χ2v) is 6.02. The highest BCUT2D eigenvalue weighted by Crippen LogP contribution is 2.29. The molecule has 5 heteroatoms. The molecule has 0 radical (unpaired) electrons. The molecule has 112 valence electrons. The van der Waals surface area contributed by atoms with Crippen LogP contribution in [0.4, 0.5) is 0 Å². The highest BCUT2D eigenvalue weighted by Gasteiger charge is 2.16. The van der Waals surface area contributed by atoms with Gasteiger partial charge in [-0.25, -0.2) is 0 Å². The van der Waals surface area contributed by atoms with E-state index in [9.17, 15) is 5.11 Å². The fourth-order valence-corrected chi connectivity index (χ4v) is 2.85. The second-order valence-electron chi connectivity index (χ2n) is 5.08. The van der Waals surface area contributed by atoms with Crippen molar-refractivity contribution in [3.05, 3.63) is 29.6 Å². The first-order chi connectivity index (χ1) is 9.08. The summed E-state index contributed by atoms with van der Waals surface area (Å²) in [5.41, 5.74) is 0. The van der Waals surface area contributed by atoms with Gasteiger partial charge in [0.25, 0.3) is 0 Å². The van der Waals surface area contributed by atoms with Gasteiger partial charge in [0.2, 0.25) is 0 Å². The summed E-state index contributed by atoms with van der Waals surface area (Å²) in [5, 5.41) is 16.5. The summed E-state index contributed by atoms with van der Waals surface area (Å²) < 4.78 is 6.97. The Morgan fingerprint density at radius 2 is 2.00 bits per heavy atom. The lowest BCUT2D eigenvalue weighted by molar-refractivity contribution is 0.0766. The lowest BCUT2D eigenvalue weighted by atomic mass is 10.2. The highest BCUT2D eigenvalue weighted by molar-refractivity contribution is 7.17. The number of thiophene rings is 1. The Balaban J connectivity index is 0.00000200. The summed E-state index contributed by atoms with van der Waals surface area (Å²) >= 11 is 1.70. The number of rotatable bonds is 6. The lowest BCUT2D eigenvalue weighted by Crippen LogP contribution is -2.43. The standard InChI is InChI=1S/C15H21NO2S.ClH/c1-10(2)16-11(3)13(17)9-18-14-5-4-6-15-12(14)7-8-19-15;/h4-8,10-11,13,16-17H,9H2,1-3H3;1H. The van der Waals surface area contributed by atoms with Gasteiger partial charge >= 0.3 is 0 Å². The van der Waals surface area contributed by atoms with Crippen LogP contribution in [0, 0.1) is 0 Å². The van der Waals surface area contributed by atoms with E-state index in [4.69, 9.17) is 4.74 Å². The van der Waals surface area contributed by atoms with Crippen LogP contribution in [-0.4, -0.2) is 29.9 Å². The van der Waals surface area contributed by atoms with E-state index in [1.165, 1.54) is 4.70 Å². The Labute approximate surface area is 130 Å². The fraction of sp³-hybridized carbons (Fsp3) is 0.467. The molecule has 2 atom stereocenters. The summed E-state index contributed by atoms with van der Waals surface area (Å²) in [6.07, 6.45) is -0.517. The van der Waals surface area contributed by atoms with Crippen LogP contribution in [0.5, 0.6) is 5.75 Å². The summed E-state index contributed by atoms with van der Waals surface area (Å²) in [7, 11) is 0. The monoisotopic (exact) mass is 315 g/mol. The minimum atomic E-state index is -0.517. The quantitative estimate of drug-likeness (QED) is 0.858. The zero-order valence-electron chi connectivity index (χ0n) is 12.0. The van der Waals surface area contributed by atoms with Gasteiger partial charge in [-0.1, -0.05) is 19.9 Å². The number of nitrogens with one attached hydrogen (secondary N) is 1. The van der Waals surface area contributed by atoms with Crippen LogP contribution in [0.25, 0.3) is 10.1 Å². The molecule has 2 rings (SSSR count). The van der Waals surface area contributed by atoms with E-state index < -0.39 is 6.10 Å². The van der Waals surface area contributed by atoms with Crippen molar-refractivity contribution in [3.63, 3.8) is 0 Å². The van der Waals surface area contributed by atoms with Crippen molar-refractivity contribution >= 4 is 33.8 Å². The van der Waals surface area contributed by atoms with Gasteiger partial charge < -0.3 is 15.2 Å². The normalized spacial score (nSPS) is 14.1. The molecule has 0 aliphatic carbocycles. The van der Waals surface area contributed by atoms with Crippen LogP contribution in [0.3, 0.4) is 0 Å². The first-order valence-corrected chi connectivity index (χ1v) is 7.49. The van der Waals surface area contributed by atoms with Gasteiger partial charge in [-0.05, 0) is 30.5 Å². The molecule has 20 heavy (non-hydrogen) atoms. The third-order valence-corrected chi connectivity index (χ3v) is 3.92. The molecular weight excluding hydrogens is 294 g/mol. The van der Waals surface area contributed by atoms with Crippen LogP contribution in [0.15, 0.2) is 29.6 Å². The molecule has 1 aromatic carbocycles. The van der Waals surface area contributed by atoms with E-state index >= 15 is 0 Å². The maximum absolute atomic E-state index is 10.1. The smallest absolute Gasteiger partial charge is 0.128 e. The molecule has 0 saturated carbocycles. The number of benzene rings is 1. The van der Waals surface area contributed by atoms with Crippen molar-refractivity contribution in [1.29, 1.82) is 0 Å².